The highest BCUT2D eigenvalue weighted by atomic mass is 14.9. The van der Waals surface area contributed by atoms with Gasteiger partial charge in [0.2, 0.25) is 0 Å². The lowest BCUT2D eigenvalue weighted by Gasteiger charge is -2.17. The van der Waals surface area contributed by atoms with Gasteiger partial charge >= 0.3 is 0 Å². The van der Waals surface area contributed by atoms with E-state index in [0.29, 0.717) is 6.04 Å². The zero-order valence-electron chi connectivity index (χ0n) is 7.69. The van der Waals surface area contributed by atoms with E-state index in [2.05, 4.69) is 25.7 Å². The van der Waals surface area contributed by atoms with E-state index in [1.807, 2.05) is 0 Å². The first-order chi connectivity index (χ1) is 5.20. The van der Waals surface area contributed by atoms with E-state index in [4.69, 9.17) is 0 Å². The fraction of sp³-hybridized carbons (Fsp3) is 0.800. The van der Waals surface area contributed by atoms with Crippen LogP contribution in [0.4, 0.5) is 0 Å². The summed E-state index contributed by atoms with van der Waals surface area (Å²) in [6.45, 7) is 8.40. The SMILES string of the molecule is C=C(NC(C)C)C1CCCC1. The van der Waals surface area contributed by atoms with E-state index in [0.717, 1.165) is 5.92 Å². The molecule has 0 saturated heterocycles. The van der Waals surface area contributed by atoms with Crippen LogP contribution in [0.5, 0.6) is 0 Å². The molecular weight excluding hydrogens is 134 g/mol. The third kappa shape index (κ3) is 2.57. The summed E-state index contributed by atoms with van der Waals surface area (Å²) in [5.74, 6) is 0.761. The first-order valence-corrected chi connectivity index (χ1v) is 4.65. The molecule has 0 aromatic rings. The molecule has 1 saturated carbocycles. The minimum absolute atomic E-state index is 0.545. The minimum atomic E-state index is 0.545. The number of allylic oxidation sites excluding steroid dienone is 1. The quantitative estimate of drug-likeness (QED) is 0.657. The molecule has 1 nitrogen and oxygen atoms in total. The molecule has 0 unspecified atom stereocenters. The average molecular weight is 153 g/mol. The fourth-order valence-electron chi connectivity index (χ4n) is 1.76. The van der Waals surface area contributed by atoms with Crippen molar-refractivity contribution in [2.75, 3.05) is 0 Å². The van der Waals surface area contributed by atoms with Crippen molar-refractivity contribution in [3.8, 4) is 0 Å². The molecule has 1 rings (SSSR count). The van der Waals surface area contributed by atoms with Crippen LogP contribution in [0.1, 0.15) is 39.5 Å². The molecular formula is C10H19N. The van der Waals surface area contributed by atoms with Gasteiger partial charge in [-0.05, 0) is 32.6 Å². The second-order valence-electron chi connectivity index (χ2n) is 3.81. The predicted octanol–water partition coefficient (Wildman–Crippen LogP) is 2.69. The molecule has 0 aromatic carbocycles. The summed E-state index contributed by atoms with van der Waals surface area (Å²) >= 11 is 0. The van der Waals surface area contributed by atoms with Crippen LogP contribution in [0.2, 0.25) is 0 Å². The summed E-state index contributed by atoms with van der Waals surface area (Å²) in [5, 5.41) is 3.39. The van der Waals surface area contributed by atoms with Crippen LogP contribution < -0.4 is 5.32 Å². The van der Waals surface area contributed by atoms with Crippen molar-refractivity contribution >= 4 is 0 Å². The molecule has 0 aromatic heterocycles. The molecule has 1 heteroatoms. The van der Waals surface area contributed by atoms with Crippen LogP contribution >= 0.6 is 0 Å². The zero-order chi connectivity index (χ0) is 8.27. The largest absolute Gasteiger partial charge is 0.386 e. The molecule has 0 radical (unpaired) electrons. The Balaban J connectivity index is 2.28. The van der Waals surface area contributed by atoms with Gasteiger partial charge in [0.15, 0.2) is 0 Å². The maximum atomic E-state index is 4.07. The molecule has 64 valence electrons. The maximum Gasteiger partial charge on any atom is 0.0201 e. The van der Waals surface area contributed by atoms with E-state index in [9.17, 15) is 0 Å². The van der Waals surface area contributed by atoms with Crippen molar-refractivity contribution in [1.29, 1.82) is 0 Å². The van der Waals surface area contributed by atoms with Gasteiger partial charge < -0.3 is 5.32 Å². The number of rotatable bonds is 3. The topological polar surface area (TPSA) is 12.0 Å². The molecule has 0 heterocycles. The smallest absolute Gasteiger partial charge is 0.0201 e. The average Bonchev–Trinajstić information content (AvgIpc) is 2.35. The summed E-state index contributed by atoms with van der Waals surface area (Å²) in [5.41, 5.74) is 1.26. The van der Waals surface area contributed by atoms with E-state index in [-0.39, 0.29) is 0 Å². The highest BCUT2D eigenvalue weighted by Gasteiger charge is 2.17. The van der Waals surface area contributed by atoms with Crippen LogP contribution in [0.15, 0.2) is 12.3 Å². The lowest BCUT2D eigenvalue weighted by molar-refractivity contribution is 0.543. The first kappa shape index (κ1) is 8.63. The highest BCUT2D eigenvalue weighted by Crippen LogP contribution is 2.28. The van der Waals surface area contributed by atoms with Gasteiger partial charge in [0.25, 0.3) is 0 Å². The first-order valence-electron chi connectivity index (χ1n) is 4.65. The van der Waals surface area contributed by atoms with Gasteiger partial charge in [-0.15, -0.1) is 0 Å². The summed E-state index contributed by atoms with van der Waals surface area (Å²) in [6, 6.07) is 0.545. The van der Waals surface area contributed by atoms with Gasteiger partial charge in [0.1, 0.15) is 0 Å². The lowest BCUT2D eigenvalue weighted by atomic mass is 10.0. The van der Waals surface area contributed by atoms with Gasteiger partial charge in [0, 0.05) is 11.7 Å². The molecule has 0 aliphatic heterocycles. The van der Waals surface area contributed by atoms with Gasteiger partial charge in [-0.3, -0.25) is 0 Å². The van der Waals surface area contributed by atoms with Crippen molar-refractivity contribution in [1.82, 2.24) is 5.32 Å². The van der Waals surface area contributed by atoms with Crippen LogP contribution in [-0.4, -0.2) is 6.04 Å². The lowest BCUT2D eigenvalue weighted by Crippen LogP contribution is -2.24. The van der Waals surface area contributed by atoms with Gasteiger partial charge in [-0.25, -0.2) is 0 Å². The summed E-state index contributed by atoms with van der Waals surface area (Å²) in [6.07, 6.45) is 5.48. The Morgan fingerprint density at radius 1 is 1.36 bits per heavy atom. The number of hydrogen-bond donors (Lipinski definition) is 1. The van der Waals surface area contributed by atoms with Crippen molar-refractivity contribution in [3.05, 3.63) is 12.3 Å². The van der Waals surface area contributed by atoms with Gasteiger partial charge in [-0.2, -0.15) is 0 Å². The Hall–Kier alpha value is -0.460. The van der Waals surface area contributed by atoms with Crippen LogP contribution in [-0.2, 0) is 0 Å². The Bertz CT molecular complexity index is 132. The molecule has 11 heavy (non-hydrogen) atoms. The van der Waals surface area contributed by atoms with Crippen molar-refractivity contribution in [2.24, 2.45) is 5.92 Å². The maximum absolute atomic E-state index is 4.07. The Morgan fingerprint density at radius 3 is 2.36 bits per heavy atom. The Morgan fingerprint density at radius 2 is 1.91 bits per heavy atom. The summed E-state index contributed by atoms with van der Waals surface area (Å²) in [4.78, 5) is 0. The van der Waals surface area contributed by atoms with Crippen LogP contribution in [0.25, 0.3) is 0 Å². The third-order valence-corrected chi connectivity index (χ3v) is 2.32. The van der Waals surface area contributed by atoms with E-state index >= 15 is 0 Å². The second-order valence-corrected chi connectivity index (χ2v) is 3.81. The van der Waals surface area contributed by atoms with Crippen molar-refractivity contribution in [3.63, 3.8) is 0 Å². The predicted molar refractivity (Wildman–Crippen MR) is 49.4 cm³/mol. The summed E-state index contributed by atoms with van der Waals surface area (Å²) < 4.78 is 0. The van der Waals surface area contributed by atoms with Gasteiger partial charge in [-0.1, -0.05) is 19.4 Å². The monoisotopic (exact) mass is 153 g/mol. The van der Waals surface area contributed by atoms with E-state index < -0.39 is 0 Å². The van der Waals surface area contributed by atoms with E-state index in [1.54, 1.807) is 0 Å². The normalized spacial score (nSPS) is 19.2. The fourth-order valence-corrected chi connectivity index (χ4v) is 1.76. The molecule has 1 aliphatic carbocycles. The Kier molecular flexibility index (Phi) is 2.98. The molecule has 0 spiro atoms. The molecule has 0 amide bonds. The third-order valence-electron chi connectivity index (χ3n) is 2.32. The summed E-state index contributed by atoms with van der Waals surface area (Å²) in [7, 11) is 0. The molecule has 1 fully saturated rings. The standard InChI is InChI=1S/C10H19N/c1-8(2)11-9(3)10-6-4-5-7-10/h8,10-11H,3-7H2,1-2H3. The van der Waals surface area contributed by atoms with Gasteiger partial charge in [0.05, 0.1) is 0 Å². The van der Waals surface area contributed by atoms with E-state index in [1.165, 1.54) is 31.4 Å². The van der Waals surface area contributed by atoms with Crippen LogP contribution in [0.3, 0.4) is 0 Å². The Labute approximate surface area is 69.9 Å². The van der Waals surface area contributed by atoms with Crippen molar-refractivity contribution < 1.29 is 0 Å². The number of nitrogens with one attached hydrogen (secondary N) is 1. The zero-order valence-corrected chi connectivity index (χ0v) is 7.69. The molecule has 1 aliphatic rings. The second kappa shape index (κ2) is 3.80. The highest BCUT2D eigenvalue weighted by molar-refractivity contribution is 5.00. The van der Waals surface area contributed by atoms with Crippen LogP contribution in [0, 0.1) is 5.92 Å². The molecule has 1 N–H and O–H groups in total. The van der Waals surface area contributed by atoms with Crippen molar-refractivity contribution in [2.45, 2.75) is 45.6 Å². The molecule has 0 bridgehead atoms. The molecule has 0 atom stereocenters. The number of hydrogen-bond acceptors (Lipinski definition) is 1. The minimum Gasteiger partial charge on any atom is -0.386 e.